The summed E-state index contributed by atoms with van der Waals surface area (Å²) in [6.45, 7) is 5.70. The standard InChI is InChI=1S/C12H14O3/c1-9-4-6-11(7-5-9)15-8-10(2)12(13)14-3/h4-7H,2,8H2,1,3H3. The molecular formula is C12H14O3. The van der Waals surface area contributed by atoms with Gasteiger partial charge in [0.05, 0.1) is 12.7 Å². The van der Waals surface area contributed by atoms with Crippen LogP contribution in [0.5, 0.6) is 5.75 Å². The number of hydrogen-bond donors (Lipinski definition) is 0. The van der Waals surface area contributed by atoms with Crippen LogP contribution < -0.4 is 4.74 Å². The molecule has 0 bridgehead atoms. The van der Waals surface area contributed by atoms with Gasteiger partial charge >= 0.3 is 5.97 Å². The summed E-state index contributed by atoms with van der Waals surface area (Å²) < 4.78 is 9.85. The molecule has 0 aliphatic heterocycles. The maximum Gasteiger partial charge on any atom is 0.336 e. The van der Waals surface area contributed by atoms with Crippen molar-refractivity contribution >= 4 is 5.97 Å². The van der Waals surface area contributed by atoms with Crippen molar-refractivity contribution in [2.75, 3.05) is 13.7 Å². The molecule has 0 fully saturated rings. The molecule has 0 saturated heterocycles. The van der Waals surface area contributed by atoms with Crippen LogP contribution in [0, 0.1) is 6.92 Å². The number of aryl methyl sites for hydroxylation is 1. The molecule has 0 amide bonds. The van der Waals surface area contributed by atoms with Gasteiger partial charge in [0.25, 0.3) is 0 Å². The zero-order valence-electron chi connectivity index (χ0n) is 8.95. The second-order valence-electron chi connectivity index (χ2n) is 3.20. The number of esters is 1. The largest absolute Gasteiger partial charge is 0.489 e. The summed E-state index contributed by atoms with van der Waals surface area (Å²) in [7, 11) is 1.32. The molecule has 0 radical (unpaired) electrons. The summed E-state index contributed by atoms with van der Waals surface area (Å²) in [5.41, 5.74) is 1.47. The van der Waals surface area contributed by atoms with Gasteiger partial charge in [-0.15, -0.1) is 0 Å². The van der Waals surface area contributed by atoms with Gasteiger partial charge in [-0.25, -0.2) is 4.79 Å². The topological polar surface area (TPSA) is 35.5 Å². The molecule has 0 atom stereocenters. The van der Waals surface area contributed by atoms with Crippen LogP contribution in [0.15, 0.2) is 36.4 Å². The Bertz CT molecular complexity index is 352. The third-order valence-corrected chi connectivity index (χ3v) is 1.91. The van der Waals surface area contributed by atoms with Crippen LogP contribution >= 0.6 is 0 Å². The molecule has 0 heterocycles. The summed E-state index contributed by atoms with van der Waals surface area (Å²) in [5.74, 6) is 0.271. The van der Waals surface area contributed by atoms with Gasteiger partial charge in [0.2, 0.25) is 0 Å². The van der Waals surface area contributed by atoms with Gasteiger partial charge in [-0.3, -0.25) is 0 Å². The van der Waals surface area contributed by atoms with E-state index in [1.165, 1.54) is 7.11 Å². The average Bonchev–Trinajstić information content (AvgIpc) is 2.26. The second-order valence-corrected chi connectivity index (χ2v) is 3.20. The van der Waals surface area contributed by atoms with E-state index in [-0.39, 0.29) is 6.61 Å². The van der Waals surface area contributed by atoms with Crippen molar-refractivity contribution in [3.05, 3.63) is 42.0 Å². The average molecular weight is 206 g/mol. The Kier molecular flexibility index (Phi) is 3.92. The van der Waals surface area contributed by atoms with Crippen molar-refractivity contribution in [2.45, 2.75) is 6.92 Å². The highest BCUT2D eigenvalue weighted by molar-refractivity contribution is 5.87. The van der Waals surface area contributed by atoms with Gasteiger partial charge in [0, 0.05) is 0 Å². The predicted octanol–water partition coefficient (Wildman–Crippen LogP) is 2.10. The van der Waals surface area contributed by atoms with E-state index in [0.29, 0.717) is 11.3 Å². The van der Waals surface area contributed by atoms with Crippen LogP contribution in [0.4, 0.5) is 0 Å². The number of rotatable bonds is 4. The minimum Gasteiger partial charge on any atom is -0.489 e. The van der Waals surface area contributed by atoms with Crippen LogP contribution in [0.25, 0.3) is 0 Å². The minimum absolute atomic E-state index is 0.149. The lowest BCUT2D eigenvalue weighted by Crippen LogP contribution is -2.11. The summed E-state index contributed by atoms with van der Waals surface area (Å²) >= 11 is 0. The van der Waals surface area contributed by atoms with Crippen LogP contribution in [-0.4, -0.2) is 19.7 Å². The molecule has 0 saturated carbocycles. The molecule has 0 N–H and O–H groups in total. The number of ether oxygens (including phenoxy) is 2. The molecule has 80 valence electrons. The lowest BCUT2D eigenvalue weighted by Gasteiger charge is -2.07. The molecule has 1 aromatic carbocycles. The van der Waals surface area contributed by atoms with E-state index >= 15 is 0 Å². The molecule has 1 aromatic rings. The van der Waals surface area contributed by atoms with Gasteiger partial charge in [-0.05, 0) is 19.1 Å². The first-order chi connectivity index (χ1) is 7.13. The van der Waals surface area contributed by atoms with E-state index in [9.17, 15) is 4.79 Å². The normalized spacial score (nSPS) is 9.47. The van der Waals surface area contributed by atoms with Crippen LogP contribution in [0.2, 0.25) is 0 Å². The molecule has 0 aliphatic carbocycles. The van der Waals surface area contributed by atoms with E-state index in [1.807, 2.05) is 31.2 Å². The van der Waals surface area contributed by atoms with Gasteiger partial charge in [-0.1, -0.05) is 24.3 Å². The van der Waals surface area contributed by atoms with Crippen molar-refractivity contribution in [3.8, 4) is 5.75 Å². The van der Waals surface area contributed by atoms with Crippen LogP contribution in [-0.2, 0) is 9.53 Å². The third kappa shape index (κ3) is 3.46. The third-order valence-electron chi connectivity index (χ3n) is 1.91. The summed E-state index contributed by atoms with van der Waals surface area (Å²) in [5, 5.41) is 0. The van der Waals surface area contributed by atoms with E-state index in [1.54, 1.807) is 0 Å². The summed E-state index contributed by atoms with van der Waals surface area (Å²) in [4.78, 5) is 11.0. The molecule has 3 nitrogen and oxygen atoms in total. The Morgan fingerprint density at radius 1 is 1.33 bits per heavy atom. The monoisotopic (exact) mass is 206 g/mol. The Hall–Kier alpha value is -1.77. The van der Waals surface area contributed by atoms with Crippen molar-refractivity contribution in [1.82, 2.24) is 0 Å². The highest BCUT2D eigenvalue weighted by Crippen LogP contribution is 2.12. The number of carbonyl (C=O) groups is 1. The van der Waals surface area contributed by atoms with Crippen LogP contribution in [0.1, 0.15) is 5.56 Å². The second kappa shape index (κ2) is 5.20. The molecular weight excluding hydrogens is 192 g/mol. The SMILES string of the molecule is C=C(COc1ccc(C)cc1)C(=O)OC. The molecule has 0 unspecified atom stereocenters. The fourth-order valence-corrected chi connectivity index (χ4v) is 1.01. The lowest BCUT2D eigenvalue weighted by atomic mass is 10.2. The summed E-state index contributed by atoms with van der Waals surface area (Å²) in [6.07, 6.45) is 0. The maximum atomic E-state index is 11.0. The number of benzene rings is 1. The Balaban J connectivity index is 2.47. The van der Waals surface area contributed by atoms with Crippen molar-refractivity contribution in [1.29, 1.82) is 0 Å². The molecule has 0 aromatic heterocycles. The van der Waals surface area contributed by atoms with Gasteiger partial charge < -0.3 is 9.47 Å². The molecule has 3 heteroatoms. The lowest BCUT2D eigenvalue weighted by molar-refractivity contribution is -0.136. The Morgan fingerprint density at radius 3 is 2.47 bits per heavy atom. The van der Waals surface area contributed by atoms with Gasteiger partial charge in [0.15, 0.2) is 0 Å². The molecule has 0 aliphatic rings. The minimum atomic E-state index is -0.442. The zero-order valence-corrected chi connectivity index (χ0v) is 8.95. The quantitative estimate of drug-likeness (QED) is 0.559. The first-order valence-corrected chi connectivity index (χ1v) is 4.59. The highest BCUT2D eigenvalue weighted by Gasteiger charge is 2.06. The fourth-order valence-electron chi connectivity index (χ4n) is 1.01. The first kappa shape index (κ1) is 11.3. The molecule has 15 heavy (non-hydrogen) atoms. The highest BCUT2D eigenvalue weighted by atomic mass is 16.5. The predicted molar refractivity (Wildman–Crippen MR) is 57.8 cm³/mol. The molecule has 1 rings (SSSR count). The first-order valence-electron chi connectivity index (χ1n) is 4.59. The van der Waals surface area contributed by atoms with Gasteiger partial charge in [-0.2, -0.15) is 0 Å². The number of methoxy groups -OCH3 is 1. The van der Waals surface area contributed by atoms with Crippen molar-refractivity contribution in [2.24, 2.45) is 0 Å². The van der Waals surface area contributed by atoms with E-state index in [2.05, 4.69) is 11.3 Å². The maximum absolute atomic E-state index is 11.0. The molecule has 0 spiro atoms. The van der Waals surface area contributed by atoms with Crippen molar-refractivity contribution in [3.63, 3.8) is 0 Å². The van der Waals surface area contributed by atoms with Gasteiger partial charge in [0.1, 0.15) is 12.4 Å². The van der Waals surface area contributed by atoms with E-state index in [4.69, 9.17) is 4.74 Å². The van der Waals surface area contributed by atoms with Crippen molar-refractivity contribution < 1.29 is 14.3 Å². The smallest absolute Gasteiger partial charge is 0.336 e. The van der Waals surface area contributed by atoms with Crippen LogP contribution in [0.3, 0.4) is 0 Å². The summed E-state index contributed by atoms with van der Waals surface area (Å²) in [6, 6.07) is 7.58. The number of hydrogen-bond acceptors (Lipinski definition) is 3. The number of carbonyl (C=O) groups excluding carboxylic acids is 1. The Morgan fingerprint density at radius 2 is 1.93 bits per heavy atom. The van der Waals surface area contributed by atoms with E-state index < -0.39 is 5.97 Å². The van der Waals surface area contributed by atoms with E-state index in [0.717, 1.165) is 5.56 Å². The Labute approximate surface area is 89.3 Å². The zero-order chi connectivity index (χ0) is 11.3. The fraction of sp³-hybridized carbons (Fsp3) is 0.250.